The average molecular weight is 497 g/mol. The van der Waals surface area contributed by atoms with Gasteiger partial charge in [0.1, 0.15) is 5.82 Å². The molecular weight excluding hydrogens is 471 g/mol. The minimum absolute atomic E-state index is 0.291. The largest absolute Gasteiger partial charge is 0.380 e. The smallest absolute Gasteiger partial charge is 0.252 e. The summed E-state index contributed by atoms with van der Waals surface area (Å²) in [6.07, 6.45) is 2.76. The van der Waals surface area contributed by atoms with E-state index >= 15 is 0 Å². The fourth-order valence-electron chi connectivity index (χ4n) is 2.92. The predicted octanol–water partition coefficient (Wildman–Crippen LogP) is 4.51. The van der Waals surface area contributed by atoms with Gasteiger partial charge in [-0.1, -0.05) is 41.9 Å². The third-order valence-corrected chi connectivity index (χ3v) is 6.05. The Hall–Kier alpha value is -2.07. The molecule has 1 amide bonds. The van der Waals surface area contributed by atoms with E-state index in [1.54, 1.807) is 40.8 Å². The first kappa shape index (κ1) is 24.6. The maximum atomic E-state index is 12.5. The normalized spacial score (nSPS) is 11.1. The molecule has 32 heavy (non-hydrogen) atoms. The molecule has 0 unspecified atom stereocenters. The molecule has 1 aromatic carbocycles. The van der Waals surface area contributed by atoms with Crippen molar-refractivity contribution in [2.75, 3.05) is 37.4 Å². The summed E-state index contributed by atoms with van der Waals surface area (Å²) in [6.45, 7) is 6.78. The fraction of sp³-hybridized carbons (Fsp3) is 0.429. The zero-order valence-corrected chi connectivity index (χ0v) is 20.4. The van der Waals surface area contributed by atoms with E-state index in [0.717, 1.165) is 23.4 Å². The zero-order chi connectivity index (χ0) is 22.9. The lowest BCUT2D eigenvalue weighted by Crippen LogP contribution is -2.27. The van der Waals surface area contributed by atoms with Crippen molar-refractivity contribution in [1.82, 2.24) is 25.1 Å². The van der Waals surface area contributed by atoms with Gasteiger partial charge in [0.25, 0.3) is 5.91 Å². The van der Waals surface area contributed by atoms with E-state index in [1.807, 2.05) is 6.92 Å². The number of nitrogens with one attached hydrogen (secondary N) is 2. The van der Waals surface area contributed by atoms with Crippen LogP contribution in [0.4, 0.5) is 5.82 Å². The molecular formula is C21H26Cl2N6O2S. The summed E-state index contributed by atoms with van der Waals surface area (Å²) in [5.41, 5.74) is 1.05. The average Bonchev–Trinajstić information content (AvgIpc) is 3.19. The Labute approximate surface area is 201 Å². The second kappa shape index (κ2) is 12.2. The molecule has 172 valence electrons. The van der Waals surface area contributed by atoms with Crippen LogP contribution in [0.5, 0.6) is 0 Å². The number of nitrogens with zero attached hydrogens (tertiary/aromatic N) is 4. The van der Waals surface area contributed by atoms with Gasteiger partial charge in [-0.2, -0.15) is 5.10 Å². The molecule has 2 aromatic heterocycles. The number of rotatable bonds is 12. The number of halogens is 2. The minimum Gasteiger partial charge on any atom is -0.380 e. The van der Waals surface area contributed by atoms with E-state index < -0.39 is 0 Å². The maximum absolute atomic E-state index is 12.5. The molecule has 2 N–H and O–H groups in total. The summed E-state index contributed by atoms with van der Waals surface area (Å²) in [7, 11) is 0. The van der Waals surface area contributed by atoms with Crippen molar-refractivity contribution in [3.8, 4) is 0 Å². The van der Waals surface area contributed by atoms with E-state index in [0.29, 0.717) is 59.3 Å². The summed E-state index contributed by atoms with van der Waals surface area (Å²) in [5.74, 6) is 1.37. The molecule has 8 nitrogen and oxygen atoms in total. The number of anilines is 1. The Bertz CT molecular complexity index is 1060. The number of benzene rings is 1. The molecule has 0 saturated carbocycles. The van der Waals surface area contributed by atoms with Gasteiger partial charge in [0.2, 0.25) is 0 Å². The molecule has 0 aliphatic heterocycles. The van der Waals surface area contributed by atoms with Gasteiger partial charge in [0.15, 0.2) is 10.8 Å². The summed E-state index contributed by atoms with van der Waals surface area (Å²) in [5, 5.41) is 13.0. The lowest BCUT2D eigenvalue weighted by atomic mass is 10.2. The Balaban J connectivity index is 1.73. The molecule has 11 heteroatoms. The number of fused-ring (bicyclic) bond motifs is 1. The topological polar surface area (TPSA) is 94.0 Å². The number of aromatic nitrogens is 4. The van der Waals surface area contributed by atoms with Crippen LogP contribution in [-0.4, -0.2) is 57.7 Å². The molecule has 0 aliphatic carbocycles. The van der Waals surface area contributed by atoms with Gasteiger partial charge in [-0.05, 0) is 31.5 Å². The highest BCUT2D eigenvalue weighted by molar-refractivity contribution is 7.99. The van der Waals surface area contributed by atoms with Crippen molar-refractivity contribution in [2.24, 2.45) is 0 Å². The van der Waals surface area contributed by atoms with Gasteiger partial charge >= 0.3 is 0 Å². The summed E-state index contributed by atoms with van der Waals surface area (Å²) in [4.78, 5) is 21.8. The number of carbonyl (C=O) groups is 1. The second-order valence-corrected chi connectivity index (χ2v) is 8.72. The van der Waals surface area contributed by atoms with Crippen LogP contribution in [0.3, 0.4) is 0 Å². The van der Waals surface area contributed by atoms with Crippen molar-refractivity contribution in [2.45, 2.75) is 32.0 Å². The van der Waals surface area contributed by atoms with Crippen LogP contribution in [0.2, 0.25) is 10.0 Å². The Morgan fingerprint density at radius 2 is 2.06 bits per heavy atom. The molecule has 0 spiro atoms. The van der Waals surface area contributed by atoms with E-state index in [4.69, 9.17) is 27.9 Å². The van der Waals surface area contributed by atoms with Crippen molar-refractivity contribution in [3.05, 3.63) is 40.0 Å². The number of hydrogen-bond acceptors (Lipinski definition) is 7. The van der Waals surface area contributed by atoms with Gasteiger partial charge < -0.3 is 15.4 Å². The third-order valence-electron chi connectivity index (χ3n) is 4.44. The SMILES string of the molecule is CCCSc1nc(NCCOCC)c2cnn(CCNC(=O)c3cc(Cl)ccc3Cl)c2n1. The minimum atomic E-state index is -0.291. The van der Waals surface area contributed by atoms with E-state index in [1.165, 1.54) is 0 Å². The van der Waals surface area contributed by atoms with Gasteiger partial charge in [-0.15, -0.1) is 0 Å². The second-order valence-electron chi connectivity index (χ2n) is 6.81. The molecule has 0 bridgehead atoms. The van der Waals surface area contributed by atoms with Crippen molar-refractivity contribution in [1.29, 1.82) is 0 Å². The predicted molar refractivity (Wildman–Crippen MR) is 130 cm³/mol. The molecule has 0 fully saturated rings. The summed E-state index contributed by atoms with van der Waals surface area (Å²) >= 11 is 13.7. The van der Waals surface area contributed by atoms with Crippen molar-refractivity contribution in [3.63, 3.8) is 0 Å². The molecule has 0 aliphatic rings. The van der Waals surface area contributed by atoms with Gasteiger partial charge in [0.05, 0.1) is 35.3 Å². The van der Waals surface area contributed by atoms with Gasteiger partial charge in [-0.25, -0.2) is 14.6 Å². The summed E-state index contributed by atoms with van der Waals surface area (Å²) in [6, 6.07) is 4.80. The van der Waals surface area contributed by atoms with Crippen LogP contribution in [0.1, 0.15) is 30.6 Å². The maximum Gasteiger partial charge on any atom is 0.252 e. The van der Waals surface area contributed by atoms with Crippen molar-refractivity contribution >= 4 is 57.7 Å². The number of ether oxygens (including phenoxy) is 1. The highest BCUT2D eigenvalue weighted by Crippen LogP contribution is 2.25. The van der Waals surface area contributed by atoms with Crippen LogP contribution in [0.25, 0.3) is 11.0 Å². The number of carbonyl (C=O) groups excluding carboxylic acids is 1. The molecule has 2 heterocycles. The first-order valence-corrected chi connectivity index (χ1v) is 12.2. The van der Waals surface area contributed by atoms with Crippen LogP contribution >= 0.6 is 35.0 Å². The monoisotopic (exact) mass is 496 g/mol. The Morgan fingerprint density at radius 1 is 1.22 bits per heavy atom. The first-order valence-electron chi connectivity index (χ1n) is 10.4. The van der Waals surface area contributed by atoms with Crippen LogP contribution in [0.15, 0.2) is 29.6 Å². The lowest BCUT2D eigenvalue weighted by Gasteiger charge is -2.10. The first-order chi connectivity index (χ1) is 15.5. The number of amides is 1. The standard InChI is InChI=1S/C21H26Cl2N6O2S/c1-3-11-32-21-27-18(24-8-10-31-4-2)16-13-26-29(19(16)28-21)9-7-25-20(30)15-12-14(22)5-6-17(15)23/h5-6,12-13H,3-4,7-11H2,1-2H3,(H,25,30)(H,24,27,28). The zero-order valence-electron chi connectivity index (χ0n) is 18.0. The Morgan fingerprint density at radius 3 is 2.84 bits per heavy atom. The fourth-order valence-corrected chi connectivity index (χ4v) is 3.99. The van der Waals surface area contributed by atoms with E-state index in [2.05, 4.69) is 32.6 Å². The quantitative estimate of drug-likeness (QED) is 0.216. The van der Waals surface area contributed by atoms with E-state index in [9.17, 15) is 4.79 Å². The van der Waals surface area contributed by atoms with Crippen LogP contribution < -0.4 is 10.6 Å². The summed E-state index contributed by atoms with van der Waals surface area (Å²) < 4.78 is 7.17. The molecule has 0 radical (unpaired) electrons. The highest BCUT2D eigenvalue weighted by Gasteiger charge is 2.15. The molecule has 3 aromatic rings. The molecule has 0 saturated heterocycles. The lowest BCUT2D eigenvalue weighted by molar-refractivity contribution is 0.0952. The third kappa shape index (κ3) is 6.48. The Kier molecular flexibility index (Phi) is 9.40. The van der Waals surface area contributed by atoms with Crippen LogP contribution in [0, 0.1) is 0 Å². The van der Waals surface area contributed by atoms with Gasteiger partial charge in [-0.3, -0.25) is 4.79 Å². The van der Waals surface area contributed by atoms with E-state index in [-0.39, 0.29) is 5.91 Å². The van der Waals surface area contributed by atoms with Gasteiger partial charge in [0, 0.05) is 30.5 Å². The number of hydrogen-bond donors (Lipinski definition) is 2. The molecule has 0 atom stereocenters. The number of thioether (sulfide) groups is 1. The highest BCUT2D eigenvalue weighted by atomic mass is 35.5. The molecule has 3 rings (SSSR count). The van der Waals surface area contributed by atoms with Crippen LogP contribution in [-0.2, 0) is 11.3 Å². The van der Waals surface area contributed by atoms with Crippen molar-refractivity contribution < 1.29 is 9.53 Å².